The Kier molecular flexibility index (Phi) is 3.47. The predicted octanol–water partition coefficient (Wildman–Crippen LogP) is 2.70. The third kappa shape index (κ3) is 2.27. The molecule has 2 aromatic rings. The van der Waals surface area contributed by atoms with Crippen molar-refractivity contribution in [2.24, 2.45) is 0 Å². The largest absolute Gasteiger partial charge is 0.325 e. The fourth-order valence-electron chi connectivity index (χ4n) is 2.96. The molecule has 1 aromatic carbocycles. The van der Waals surface area contributed by atoms with E-state index in [-0.39, 0.29) is 11.3 Å². The molecule has 6 heteroatoms. The number of nitro groups is 1. The number of aromatic nitrogens is 1. The molecule has 0 unspecified atom stereocenters. The van der Waals surface area contributed by atoms with E-state index in [1.165, 1.54) is 12.1 Å². The van der Waals surface area contributed by atoms with E-state index in [1.54, 1.807) is 12.1 Å². The normalized spacial score (nSPS) is 13.2. The van der Waals surface area contributed by atoms with Gasteiger partial charge in [-0.2, -0.15) is 5.26 Å². The molecule has 0 radical (unpaired) electrons. The molecule has 3 rings (SSSR count). The van der Waals surface area contributed by atoms with Gasteiger partial charge in [0.25, 0.3) is 11.2 Å². The zero-order valence-corrected chi connectivity index (χ0v) is 11.8. The molecule has 22 heavy (non-hydrogen) atoms. The number of nitro benzene ring substituents is 1. The van der Waals surface area contributed by atoms with Crippen molar-refractivity contribution in [3.05, 3.63) is 61.6 Å². The van der Waals surface area contributed by atoms with Crippen molar-refractivity contribution in [2.45, 2.75) is 25.7 Å². The minimum Gasteiger partial charge on any atom is -0.325 e. The Morgan fingerprint density at radius 1 is 1.18 bits per heavy atom. The number of nitriles is 1. The second-order valence-electron chi connectivity index (χ2n) is 5.28. The number of fused-ring (bicyclic) bond motifs is 1. The smallest absolute Gasteiger partial charge is 0.269 e. The lowest BCUT2D eigenvalue weighted by atomic mass is 9.91. The summed E-state index contributed by atoms with van der Waals surface area (Å²) < 4.78 is 0. The van der Waals surface area contributed by atoms with E-state index >= 15 is 0 Å². The van der Waals surface area contributed by atoms with Crippen LogP contribution >= 0.6 is 0 Å². The second kappa shape index (κ2) is 5.45. The Hall–Kier alpha value is -2.94. The molecule has 0 saturated carbocycles. The molecular weight excluding hydrogens is 283 g/mol. The van der Waals surface area contributed by atoms with Crippen LogP contribution in [0.3, 0.4) is 0 Å². The van der Waals surface area contributed by atoms with Gasteiger partial charge in [0.2, 0.25) is 0 Å². The second-order valence-corrected chi connectivity index (χ2v) is 5.28. The summed E-state index contributed by atoms with van der Waals surface area (Å²) in [5.74, 6) is 0. The molecule has 1 aliphatic rings. The van der Waals surface area contributed by atoms with Crippen molar-refractivity contribution in [1.82, 2.24) is 4.98 Å². The lowest BCUT2D eigenvalue weighted by Crippen LogP contribution is -2.20. The summed E-state index contributed by atoms with van der Waals surface area (Å²) in [5, 5.41) is 20.1. The van der Waals surface area contributed by atoms with Gasteiger partial charge in [-0.1, -0.05) is 0 Å². The highest BCUT2D eigenvalue weighted by molar-refractivity contribution is 5.75. The van der Waals surface area contributed by atoms with Gasteiger partial charge >= 0.3 is 0 Å². The molecule has 110 valence electrons. The third-order valence-electron chi connectivity index (χ3n) is 3.99. The van der Waals surface area contributed by atoms with Crippen molar-refractivity contribution in [3.63, 3.8) is 0 Å². The van der Waals surface area contributed by atoms with Crippen molar-refractivity contribution in [3.8, 4) is 17.2 Å². The van der Waals surface area contributed by atoms with Crippen molar-refractivity contribution >= 4 is 5.69 Å². The summed E-state index contributed by atoms with van der Waals surface area (Å²) in [7, 11) is 0. The Labute approximate surface area is 126 Å². The van der Waals surface area contributed by atoms with Crippen LogP contribution in [0.4, 0.5) is 5.69 Å². The average molecular weight is 296 g/mol. The third-order valence-corrected chi connectivity index (χ3v) is 3.99. The zero-order chi connectivity index (χ0) is 15.7. The monoisotopic (exact) mass is 296 g/mol. The number of pyridine rings is 1. The maximum atomic E-state index is 12.1. The number of aryl methyl sites for hydroxylation is 1. The number of aromatic amines is 1. The molecule has 0 aliphatic heterocycles. The fourth-order valence-corrected chi connectivity index (χ4v) is 2.96. The summed E-state index contributed by atoms with van der Waals surface area (Å²) >= 11 is 0. The Morgan fingerprint density at radius 2 is 1.86 bits per heavy atom. The van der Waals surface area contributed by atoms with Gasteiger partial charge in [0.1, 0.15) is 11.6 Å². The minimum atomic E-state index is -0.470. The van der Waals surface area contributed by atoms with Crippen molar-refractivity contribution < 1.29 is 4.92 Å². The standard InChI is InChI=1S/C16H13N3O3/c17-9-13-15(10-5-7-11(8-6-10)19(21)22)12-3-1-2-4-14(12)18-16(13)20/h5-8H,1-4H2,(H,18,20)/i13+1. The number of rotatable bonds is 2. The van der Waals surface area contributed by atoms with E-state index in [4.69, 9.17) is 0 Å². The number of nitrogens with zero attached hydrogens (tertiary/aromatic N) is 2. The number of benzene rings is 1. The summed E-state index contributed by atoms with van der Waals surface area (Å²) in [4.78, 5) is 25.2. The maximum Gasteiger partial charge on any atom is 0.269 e. The van der Waals surface area contributed by atoms with Gasteiger partial charge in [-0.25, -0.2) is 0 Å². The van der Waals surface area contributed by atoms with E-state index < -0.39 is 10.5 Å². The van der Waals surface area contributed by atoms with E-state index in [0.717, 1.165) is 36.9 Å². The molecule has 1 aliphatic carbocycles. The van der Waals surface area contributed by atoms with Crippen LogP contribution in [0.1, 0.15) is 29.7 Å². The van der Waals surface area contributed by atoms with Gasteiger partial charge in [0, 0.05) is 23.4 Å². The van der Waals surface area contributed by atoms with Crippen LogP contribution in [0.5, 0.6) is 0 Å². The highest BCUT2D eigenvalue weighted by Gasteiger charge is 2.21. The van der Waals surface area contributed by atoms with Gasteiger partial charge < -0.3 is 4.98 Å². The van der Waals surface area contributed by atoms with E-state index in [1.807, 2.05) is 6.07 Å². The van der Waals surface area contributed by atoms with Crippen LogP contribution < -0.4 is 5.56 Å². The molecule has 1 aromatic heterocycles. The molecule has 0 amide bonds. The fraction of sp³-hybridized carbons (Fsp3) is 0.250. The number of hydrogen-bond donors (Lipinski definition) is 1. The molecule has 0 fully saturated rings. The molecular formula is C16H13N3O3. The summed E-state index contributed by atoms with van der Waals surface area (Å²) in [6.07, 6.45) is 3.60. The van der Waals surface area contributed by atoms with Gasteiger partial charge in [-0.3, -0.25) is 14.9 Å². The molecule has 1 N–H and O–H groups in total. The summed E-state index contributed by atoms with van der Waals surface area (Å²) in [6.45, 7) is 0. The topological polar surface area (TPSA) is 99.8 Å². The number of H-pyrrole nitrogens is 1. The average Bonchev–Trinajstić information content (AvgIpc) is 2.53. The molecule has 0 atom stereocenters. The SMILES string of the molecule is N#C[13c]1c(-c2ccc([N+](=O)[O-])cc2)c2c([nH]c1=O)CCCC2. The van der Waals surface area contributed by atoms with E-state index in [0.29, 0.717) is 11.1 Å². The first kappa shape index (κ1) is 14.0. The highest BCUT2D eigenvalue weighted by atomic mass is 16.6. The van der Waals surface area contributed by atoms with E-state index in [2.05, 4.69) is 4.98 Å². The van der Waals surface area contributed by atoms with Gasteiger partial charge in [-0.15, -0.1) is 0 Å². The first-order valence-electron chi connectivity index (χ1n) is 7.04. The van der Waals surface area contributed by atoms with Crippen LogP contribution in [-0.2, 0) is 12.8 Å². The van der Waals surface area contributed by atoms with Crippen LogP contribution in [0.2, 0.25) is 0 Å². The number of non-ortho nitro benzene ring substituents is 1. The Balaban J connectivity index is 2.25. The highest BCUT2D eigenvalue weighted by Crippen LogP contribution is 2.32. The van der Waals surface area contributed by atoms with E-state index in [9.17, 15) is 20.2 Å². The van der Waals surface area contributed by atoms with Crippen molar-refractivity contribution in [1.29, 1.82) is 5.26 Å². The molecule has 0 bridgehead atoms. The lowest BCUT2D eigenvalue weighted by molar-refractivity contribution is -0.384. The van der Waals surface area contributed by atoms with Gasteiger partial charge in [0.05, 0.1) is 4.92 Å². The maximum absolute atomic E-state index is 12.1. The molecule has 6 nitrogen and oxygen atoms in total. The predicted molar refractivity (Wildman–Crippen MR) is 80.5 cm³/mol. The number of hydrogen-bond acceptors (Lipinski definition) is 4. The quantitative estimate of drug-likeness (QED) is 0.680. The van der Waals surface area contributed by atoms with Gasteiger partial charge in [0.15, 0.2) is 0 Å². The lowest BCUT2D eigenvalue weighted by Gasteiger charge is -2.20. The van der Waals surface area contributed by atoms with Crippen LogP contribution in [0.15, 0.2) is 29.1 Å². The number of nitrogens with one attached hydrogen (secondary N) is 1. The zero-order valence-electron chi connectivity index (χ0n) is 11.8. The minimum absolute atomic E-state index is 0.0130. The summed E-state index contributed by atoms with van der Waals surface area (Å²) in [5.41, 5.74) is 2.83. The van der Waals surface area contributed by atoms with Crippen LogP contribution in [-0.4, -0.2) is 9.91 Å². The summed E-state index contributed by atoms with van der Waals surface area (Å²) in [6, 6.07) is 7.96. The first-order chi connectivity index (χ1) is 10.6. The van der Waals surface area contributed by atoms with Crippen LogP contribution in [0.25, 0.3) is 11.1 Å². The van der Waals surface area contributed by atoms with Gasteiger partial charge in [-0.05, 0) is 48.9 Å². The molecule has 1 heterocycles. The Bertz CT molecular complexity index is 845. The Morgan fingerprint density at radius 3 is 2.50 bits per heavy atom. The molecule has 0 spiro atoms. The molecule has 0 saturated heterocycles. The van der Waals surface area contributed by atoms with Crippen LogP contribution in [0, 0.1) is 21.4 Å². The first-order valence-corrected chi connectivity index (χ1v) is 7.04. The van der Waals surface area contributed by atoms with Crippen molar-refractivity contribution in [2.75, 3.05) is 0 Å².